The molecule has 2 aliphatic rings. The smallest absolute Gasteiger partial charge is 0.259 e. The molecule has 0 bridgehead atoms. The number of hydrogen-bond donors (Lipinski definition) is 1. The lowest BCUT2D eigenvalue weighted by Gasteiger charge is -2.42. The molecule has 2 aliphatic heterocycles. The van der Waals surface area contributed by atoms with Gasteiger partial charge in [-0.3, -0.25) is 4.79 Å². The molecule has 0 aliphatic carbocycles. The van der Waals surface area contributed by atoms with Crippen LogP contribution in [0.2, 0.25) is 0 Å². The summed E-state index contributed by atoms with van der Waals surface area (Å²) >= 11 is 0. The number of aliphatic hydroxyl groups excluding tert-OH is 1. The quantitative estimate of drug-likeness (QED) is 0.810. The number of nitrogens with zero attached hydrogens (tertiary/aromatic N) is 3. The van der Waals surface area contributed by atoms with Crippen LogP contribution in [0.25, 0.3) is 0 Å². The Balaban J connectivity index is 1.78. The second-order valence-corrected chi connectivity index (χ2v) is 8.22. The van der Waals surface area contributed by atoms with Crippen LogP contribution >= 0.6 is 0 Å². The van der Waals surface area contributed by atoms with Gasteiger partial charge in [-0.15, -0.1) is 0 Å². The Morgan fingerprint density at radius 2 is 2.11 bits per heavy atom. The van der Waals surface area contributed by atoms with Crippen LogP contribution in [0.1, 0.15) is 30.6 Å². The molecular formula is C20H31N3O4. The van der Waals surface area contributed by atoms with Gasteiger partial charge in [0.15, 0.2) is 0 Å². The summed E-state index contributed by atoms with van der Waals surface area (Å²) in [5, 5.41) is 10.1. The van der Waals surface area contributed by atoms with E-state index < -0.39 is 0 Å². The van der Waals surface area contributed by atoms with Crippen molar-refractivity contribution in [1.29, 1.82) is 0 Å². The van der Waals surface area contributed by atoms with Crippen LogP contribution in [0.5, 0.6) is 11.8 Å². The van der Waals surface area contributed by atoms with Gasteiger partial charge >= 0.3 is 0 Å². The van der Waals surface area contributed by atoms with Crippen LogP contribution in [0, 0.1) is 17.3 Å². The minimum atomic E-state index is -0.198. The number of aromatic nitrogens is 1. The number of likely N-dealkylation sites (tertiary alicyclic amines) is 2. The summed E-state index contributed by atoms with van der Waals surface area (Å²) in [7, 11) is 3.03. The Kier molecular flexibility index (Phi) is 5.91. The van der Waals surface area contributed by atoms with Crippen molar-refractivity contribution < 1.29 is 19.4 Å². The molecule has 27 heavy (non-hydrogen) atoms. The lowest BCUT2D eigenvalue weighted by molar-refractivity contribution is 0.0153. The van der Waals surface area contributed by atoms with E-state index in [-0.39, 0.29) is 29.7 Å². The van der Waals surface area contributed by atoms with Crippen LogP contribution in [-0.2, 0) is 0 Å². The molecule has 7 heteroatoms. The van der Waals surface area contributed by atoms with Crippen molar-refractivity contribution in [3.63, 3.8) is 0 Å². The summed E-state index contributed by atoms with van der Waals surface area (Å²) in [6.07, 6.45) is 0.919. The molecule has 7 nitrogen and oxygen atoms in total. The maximum absolute atomic E-state index is 13.2. The van der Waals surface area contributed by atoms with E-state index in [4.69, 9.17) is 9.47 Å². The number of methoxy groups -OCH3 is 2. The van der Waals surface area contributed by atoms with E-state index in [1.807, 2.05) is 4.90 Å². The van der Waals surface area contributed by atoms with Crippen molar-refractivity contribution in [2.45, 2.75) is 20.3 Å². The van der Waals surface area contributed by atoms with Crippen LogP contribution in [0.3, 0.4) is 0 Å². The topological polar surface area (TPSA) is 75.1 Å². The van der Waals surface area contributed by atoms with E-state index in [1.54, 1.807) is 12.1 Å². The third-order valence-corrected chi connectivity index (χ3v) is 5.91. The second kappa shape index (κ2) is 8.02. The fourth-order valence-corrected chi connectivity index (χ4v) is 4.47. The lowest BCUT2D eigenvalue weighted by atomic mass is 9.73. The van der Waals surface area contributed by atoms with Gasteiger partial charge in [0.2, 0.25) is 11.8 Å². The fourth-order valence-electron chi connectivity index (χ4n) is 4.47. The molecule has 2 fully saturated rings. The number of fused-ring (bicyclic) bond motifs is 1. The maximum atomic E-state index is 13.2. The first kappa shape index (κ1) is 19.9. The maximum Gasteiger partial charge on any atom is 0.259 e. The highest BCUT2D eigenvalue weighted by Gasteiger charge is 2.50. The first-order valence-electron chi connectivity index (χ1n) is 9.64. The number of ether oxygens (including phenoxy) is 2. The Hall–Kier alpha value is -1.86. The molecule has 0 aromatic carbocycles. The highest BCUT2D eigenvalue weighted by atomic mass is 16.5. The molecule has 1 N–H and O–H groups in total. The summed E-state index contributed by atoms with van der Waals surface area (Å²) in [5.74, 6) is 1.49. The van der Waals surface area contributed by atoms with Crippen molar-refractivity contribution >= 4 is 5.91 Å². The summed E-state index contributed by atoms with van der Waals surface area (Å²) in [6.45, 7) is 8.77. The van der Waals surface area contributed by atoms with Gasteiger partial charge in [-0.25, -0.2) is 0 Å². The molecule has 150 valence electrons. The van der Waals surface area contributed by atoms with E-state index in [0.717, 1.165) is 26.1 Å². The molecule has 0 radical (unpaired) electrons. The fraction of sp³-hybridized carbons (Fsp3) is 0.700. The third-order valence-electron chi connectivity index (χ3n) is 5.91. The number of piperidine rings is 1. The largest absolute Gasteiger partial charge is 0.481 e. The number of carbonyl (C=O) groups is 1. The zero-order chi connectivity index (χ0) is 19.6. The summed E-state index contributed by atoms with van der Waals surface area (Å²) in [6, 6.07) is 3.37. The van der Waals surface area contributed by atoms with Crippen LogP contribution in [-0.4, -0.2) is 79.3 Å². The predicted molar refractivity (Wildman–Crippen MR) is 102 cm³/mol. The van der Waals surface area contributed by atoms with Gasteiger partial charge in [-0.1, -0.05) is 13.8 Å². The van der Waals surface area contributed by atoms with E-state index >= 15 is 0 Å². The molecule has 1 aromatic rings. The highest BCUT2D eigenvalue weighted by molar-refractivity contribution is 5.96. The third kappa shape index (κ3) is 3.89. The van der Waals surface area contributed by atoms with E-state index in [9.17, 15) is 9.90 Å². The average molecular weight is 377 g/mol. The van der Waals surface area contributed by atoms with Crippen molar-refractivity contribution in [2.75, 3.05) is 53.6 Å². The van der Waals surface area contributed by atoms with Crippen molar-refractivity contribution in [3.05, 3.63) is 17.7 Å². The minimum Gasteiger partial charge on any atom is -0.481 e. The normalized spacial score (nSPS) is 25.6. The number of aliphatic hydroxyl groups is 1. The number of amides is 1. The average Bonchev–Trinajstić information content (AvgIpc) is 3.05. The molecule has 2 atom stereocenters. The van der Waals surface area contributed by atoms with Crippen LogP contribution < -0.4 is 9.47 Å². The molecule has 1 amide bonds. The lowest BCUT2D eigenvalue weighted by Crippen LogP contribution is -2.49. The van der Waals surface area contributed by atoms with Gasteiger partial charge in [0.25, 0.3) is 5.91 Å². The molecular weight excluding hydrogens is 346 g/mol. The monoisotopic (exact) mass is 377 g/mol. The van der Waals surface area contributed by atoms with Gasteiger partial charge in [0.1, 0.15) is 5.56 Å². The standard InChI is InChI=1S/C20H31N3O4/c1-14(2)9-22-8-7-20(13-24)12-23(11-15(20)10-22)19(25)16-5-6-17(26-3)21-18(16)27-4/h5-6,14-15,24H,7-13H2,1-4H3/t15-,20+/m0/s1. The van der Waals surface area contributed by atoms with E-state index in [1.165, 1.54) is 14.2 Å². The molecule has 0 spiro atoms. The Morgan fingerprint density at radius 1 is 1.33 bits per heavy atom. The Morgan fingerprint density at radius 3 is 2.74 bits per heavy atom. The first-order valence-corrected chi connectivity index (χ1v) is 9.64. The van der Waals surface area contributed by atoms with Crippen molar-refractivity contribution in [3.8, 4) is 11.8 Å². The number of rotatable bonds is 6. The predicted octanol–water partition coefficient (Wildman–Crippen LogP) is 1.51. The molecule has 0 unspecified atom stereocenters. The SMILES string of the molecule is COc1ccc(C(=O)N2C[C@@H]3CN(CC(C)C)CC[C@]3(CO)C2)c(OC)n1. The Labute approximate surface area is 161 Å². The second-order valence-electron chi connectivity index (χ2n) is 8.22. The number of carbonyl (C=O) groups excluding carboxylic acids is 1. The summed E-state index contributed by atoms with van der Waals surface area (Å²) < 4.78 is 10.4. The molecule has 3 rings (SSSR count). The van der Waals surface area contributed by atoms with Gasteiger partial charge in [-0.05, 0) is 30.9 Å². The molecule has 3 heterocycles. The van der Waals surface area contributed by atoms with Gasteiger partial charge in [-0.2, -0.15) is 4.98 Å². The van der Waals surface area contributed by atoms with Crippen LogP contribution in [0.4, 0.5) is 0 Å². The zero-order valence-corrected chi connectivity index (χ0v) is 16.8. The van der Waals surface area contributed by atoms with Gasteiger partial charge in [0.05, 0.1) is 20.8 Å². The summed E-state index contributed by atoms with van der Waals surface area (Å²) in [5.41, 5.74) is 0.236. The van der Waals surface area contributed by atoms with Crippen molar-refractivity contribution in [1.82, 2.24) is 14.8 Å². The molecule has 0 saturated carbocycles. The molecule has 2 saturated heterocycles. The van der Waals surface area contributed by atoms with Gasteiger partial charge in [0, 0.05) is 37.7 Å². The van der Waals surface area contributed by atoms with E-state index in [0.29, 0.717) is 30.5 Å². The zero-order valence-electron chi connectivity index (χ0n) is 16.8. The van der Waals surface area contributed by atoms with Crippen LogP contribution in [0.15, 0.2) is 12.1 Å². The minimum absolute atomic E-state index is 0.0976. The highest BCUT2D eigenvalue weighted by Crippen LogP contribution is 2.43. The summed E-state index contributed by atoms with van der Waals surface area (Å²) in [4.78, 5) is 21.7. The first-order chi connectivity index (χ1) is 12.9. The van der Waals surface area contributed by atoms with E-state index in [2.05, 4.69) is 23.7 Å². The number of hydrogen-bond acceptors (Lipinski definition) is 6. The molecule has 1 aromatic heterocycles. The van der Waals surface area contributed by atoms with Crippen molar-refractivity contribution in [2.24, 2.45) is 17.3 Å². The Bertz CT molecular complexity index is 681. The van der Waals surface area contributed by atoms with Gasteiger partial charge < -0.3 is 24.4 Å². The number of pyridine rings is 1.